The van der Waals surface area contributed by atoms with Gasteiger partial charge in [-0.3, -0.25) is 9.59 Å². The minimum Gasteiger partial charge on any atom is -0.445 e. The number of ether oxygens (including phenoxy) is 1. The van der Waals surface area contributed by atoms with Gasteiger partial charge in [-0.25, -0.2) is 4.79 Å². The van der Waals surface area contributed by atoms with Crippen LogP contribution < -0.4 is 16.0 Å². The van der Waals surface area contributed by atoms with Crippen LogP contribution in [0.25, 0.3) is 0 Å². The summed E-state index contributed by atoms with van der Waals surface area (Å²) in [6.45, 7) is 6.01. The topological polar surface area (TPSA) is 117 Å². The van der Waals surface area contributed by atoms with Crippen molar-refractivity contribution in [2.24, 2.45) is 11.8 Å². The Balaban J connectivity index is 1.70. The van der Waals surface area contributed by atoms with Crippen LogP contribution >= 0.6 is 11.8 Å². The summed E-state index contributed by atoms with van der Waals surface area (Å²) in [6, 6.07) is 17.6. The first-order chi connectivity index (χ1) is 20.1. The third kappa shape index (κ3) is 11.3. The van der Waals surface area contributed by atoms with Gasteiger partial charge in [-0.2, -0.15) is 11.8 Å². The minimum atomic E-state index is -0.873. The van der Waals surface area contributed by atoms with Gasteiger partial charge >= 0.3 is 6.09 Å². The van der Waals surface area contributed by atoms with E-state index in [9.17, 15) is 19.5 Å². The van der Waals surface area contributed by atoms with E-state index in [1.807, 2.05) is 87.7 Å². The van der Waals surface area contributed by atoms with E-state index in [2.05, 4.69) is 16.0 Å². The molecule has 1 aliphatic rings. The predicted octanol–water partition coefficient (Wildman–Crippen LogP) is 4.84. The highest BCUT2D eigenvalue weighted by Crippen LogP contribution is 2.34. The van der Waals surface area contributed by atoms with Crippen molar-refractivity contribution in [1.82, 2.24) is 16.0 Å². The lowest BCUT2D eigenvalue weighted by atomic mass is 9.74. The number of hydrogen-bond donors (Lipinski definition) is 4. The van der Waals surface area contributed by atoms with E-state index in [-0.39, 0.29) is 35.8 Å². The maximum absolute atomic E-state index is 13.5. The molecule has 0 unspecified atom stereocenters. The fraction of sp³-hybridized carbons (Fsp3) is 0.545. The van der Waals surface area contributed by atoms with Gasteiger partial charge in [0.15, 0.2) is 0 Å². The third-order valence-electron chi connectivity index (χ3n) is 7.53. The van der Waals surface area contributed by atoms with Gasteiger partial charge in [-0.1, -0.05) is 73.5 Å². The fourth-order valence-corrected chi connectivity index (χ4v) is 6.03. The summed E-state index contributed by atoms with van der Waals surface area (Å²) in [5.41, 5.74) is 1.49. The molecule has 0 aromatic heterocycles. The molecule has 0 radical (unpaired) electrons. The zero-order chi connectivity index (χ0) is 30.5. The van der Waals surface area contributed by atoms with Gasteiger partial charge in [0.1, 0.15) is 12.6 Å². The van der Waals surface area contributed by atoms with Crippen LogP contribution in [0.1, 0.15) is 64.0 Å². The molecule has 0 heterocycles. The van der Waals surface area contributed by atoms with E-state index in [0.717, 1.165) is 36.8 Å². The number of alkyl carbamates (subject to hydrolysis) is 1. The molecule has 3 rings (SSSR count). The molecule has 3 amide bonds. The summed E-state index contributed by atoms with van der Waals surface area (Å²) in [6.07, 6.45) is 4.78. The lowest BCUT2D eigenvalue weighted by Crippen LogP contribution is -2.54. The number of nitrogens with one attached hydrogen (secondary N) is 3. The summed E-state index contributed by atoms with van der Waals surface area (Å²) in [4.78, 5) is 39.2. The van der Waals surface area contributed by atoms with Gasteiger partial charge in [0.05, 0.1) is 12.1 Å². The van der Waals surface area contributed by atoms with Crippen molar-refractivity contribution in [3.63, 3.8) is 0 Å². The van der Waals surface area contributed by atoms with E-state index in [1.54, 1.807) is 0 Å². The first-order valence-electron chi connectivity index (χ1n) is 14.9. The second-order valence-corrected chi connectivity index (χ2v) is 13.1. The first kappa shape index (κ1) is 33.5. The molecule has 1 saturated carbocycles. The van der Waals surface area contributed by atoms with Crippen molar-refractivity contribution >= 4 is 29.7 Å². The number of hydrogen-bond acceptors (Lipinski definition) is 6. The Kier molecular flexibility index (Phi) is 13.2. The normalized spacial score (nSPS) is 19.2. The Bertz CT molecular complexity index is 1130. The van der Waals surface area contributed by atoms with E-state index < -0.39 is 24.3 Å². The van der Waals surface area contributed by atoms with E-state index in [0.29, 0.717) is 18.6 Å². The Morgan fingerprint density at radius 2 is 1.57 bits per heavy atom. The van der Waals surface area contributed by atoms with Crippen LogP contribution in [0.2, 0.25) is 0 Å². The average Bonchev–Trinajstić information content (AvgIpc) is 2.96. The molecule has 8 nitrogen and oxygen atoms in total. The van der Waals surface area contributed by atoms with Gasteiger partial charge in [0.2, 0.25) is 11.8 Å². The van der Waals surface area contributed by atoms with Crippen molar-refractivity contribution in [1.29, 1.82) is 0 Å². The number of aliphatic hydroxyl groups excluding tert-OH is 1. The molecule has 0 aliphatic heterocycles. The molecule has 1 aliphatic carbocycles. The van der Waals surface area contributed by atoms with Crippen LogP contribution in [0.3, 0.4) is 0 Å². The van der Waals surface area contributed by atoms with Crippen molar-refractivity contribution in [3.05, 3.63) is 71.8 Å². The molecule has 4 N–H and O–H groups in total. The average molecular weight is 598 g/mol. The lowest BCUT2D eigenvalue weighted by Gasteiger charge is -2.36. The van der Waals surface area contributed by atoms with Crippen LogP contribution in [-0.4, -0.2) is 58.7 Å². The molecular weight excluding hydrogens is 550 g/mol. The minimum absolute atomic E-state index is 0.0133. The molecule has 0 spiro atoms. The molecule has 2 aromatic carbocycles. The van der Waals surface area contributed by atoms with Crippen LogP contribution in [0.5, 0.6) is 0 Å². The monoisotopic (exact) mass is 597 g/mol. The summed E-state index contributed by atoms with van der Waals surface area (Å²) in [5.74, 6) is -0.170. The van der Waals surface area contributed by atoms with E-state index in [4.69, 9.17) is 4.74 Å². The van der Waals surface area contributed by atoms with Crippen LogP contribution in [0.4, 0.5) is 4.79 Å². The predicted molar refractivity (Wildman–Crippen MR) is 168 cm³/mol. The molecule has 42 heavy (non-hydrogen) atoms. The Hall–Kier alpha value is -3.04. The molecule has 1 fully saturated rings. The number of thioether (sulfide) groups is 1. The Morgan fingerprint density at radius 1 is 0.952 bits per heavy atom. The molecule has 2 aromatic rings. The fourth-order valence-electron chi connectivity index (χ4n) is 5.46. The summed E-state index contributed by atoms with van der Waals surface area (Å²) >= 11 is 1.43. The van der Waals surface area contributed by atoms with Crippen molar-refractivity contribution < 1.29 is 24.2 Å². The number of amides is 3. The van der Waals surface area contributed by atoms with Crippen LogP contribution in [0.15, 0.2) is 60.7 Å². The Morgan fingerprint density at radius 3 is 2.19 bits per heavy atom. The number of carbonyl (C=O) groups is 3. The highest BCUT2D eigenvalue weighted by Gasteiger charge is 2.36. The molecule has 5 atom stereocenters. The summed E-state index contributed by atoms with van der Waals surface area (Å²) in [7, 11) is 0. The standard InChI is InChI=1S/C33H47N3O5S/c1-33(2,3)36-30(38)26-18-12-11-17-25(26)20-29(37)27(19-23-13-7-5-8-14-23)34-31(39)28(22-42-4)35-32(40)41-21-24-15-9-6-10-16-24/h5-10,13-16,25-29,37H,11-12,17-22H2,1-4H3,(H,34,39)(H,35,40)(H,36,38)/t25-,26+,27-,28-,29+/m0/s1. The number of carbonyl (C=O) groups excluding carboxylic acids is 3. The molecule has 230 valence electrons. The molecule has 0 bridgehead atoms. The van der Waals surface area contributed by atoms with Crippen molar-refractivity contribution in [2.75, 3.05) is 12.0 Å². The van der Waals surface area contributed by atoms with Gasteiger partial charge in [0.25, 0.3) is 0 Å². The SMILES string of the molecule is CSC[C@H](NC(=O)OCc1ccccc1)C(=O)N[C@@H](Cc1ccccc1)[C@H](O)C[C@@H]1CCCC[C@H]1C(=O)NC(C)(C)C. The molecule has 0 saturated heterocycles. The number of benzene rings is 2. The second-order valence-electron chi connectivity index (χ2n) is 12.2. The highest BCUT2D eigenvalue weighted by molar-refractivity contribution is 7.98. The zero-order valence-corrected chi connectivity index (χ0v) is 26.1. The van der Waals surface area contributed by atoms with Crippen molar-refractivity contribution in [2.45, 2.75) is 89.6 Å². The van der Waals surface area contributed by atoms with Gasteiger partial charge in [0, 0.05) is 17.2 Å². The smallest absolute Gasteiger partial charge is 0.408 e. The van der Waals surface area contributed by atoms with Crippen LogP contribution in [-0.2, 0) is 27.4 Å². The Labute approximate surface area is 254 Å². The van der Waals surface area contributed by atoms with Crippen LogP contribution in [0, 0.1) is 11.8 Å². The van der Waals surface area contributed by atoms with Gasteiger partial charge in [-0.15, -0.1) is 0 Å². The second kappa shape index (κ2) is 16.6. The van der Waals surface area contributed by atoms with Crippen molar-refractivity contribution in [3.8, 4) is 0 Å². The van der Waals surface area contributed by atoms with Gasteiger partial charge in [-0.05, 0) is 69.8 Å². The largest absolute Gasteiger partial charge is 0.445 e. The van der Waals surface area contributed by atoms with Gasteiger partial charge < -0.3 is 25.8 Å². The zero-order valence-electron chi connectivity index (χ0n) is 25.3. The quantitative estimate of drug-likeness (QED) is 0.263. The first-order valence-corrected chi connectivity index (χ1v) is 16.3. The summed E-state index contributed by atoms with van der Waals surface area (Å²) < 4.78 is 5.35. The molecular formula is C33H47N3O5S. The highest BCUT2D eigenvalue weighted by atomic mass is 32.2. The number of aliphatic hydroxyl groups is 1. The third-order valence-corrected chi connectivity index (χ3v) is 8.20. The number of rotatable bonds is 13. The maximum Gasteiger partial charge on any atom is 0.408 e. The maximum atomic E-state index is 13.5. The molecule has 9 heteroatoms. The lowest BCUT2D eigenvalue weighted by molar-refractivity contribution is -0.130. The summed E-state index contributed by atoms with van der Waals surface area (Å²) in [5, 5.41) is 20.4. The van der Waals surface area contributed by atoms with E-state index >= 15 is 0 Å². The van der Waals surface area contributed by atoms with E-state index in [1.165, 1.54) is 11.8 Å².